The Morgan fingerprint density at radius 2 is 1.85 bits per heavy atom. The Labute approximate surface area is 160 Å². The fourth-order valence-corrected chi connectivity index (χ4v) is 2.85. The third kappa shape index (κ3) is 3.64. The average molecular weight is 386 g/mol. The summed E-state index contributed by atoms with van der Waals surface area (Å²) in [5, 5.41) is 10.4. The van der Waals surface area contributed by atoms with Crippen LogP contribution in [0.4, 0.5) is 11.8 Å². The van der Waals surface area contributed by atoms with Crippen molar-refractivity contribution in [3.8, 4) is 23.1 Å². The van der Waals surface area contributed by atoms with Gasteiger partial charge in [-0.3, -0.25) is 0 Å². The summed E-state index contributed by atoms with van der Waals surface area (Å²) in [7, 11) is 0. The summed E-state index contributed by atoms with van der Waals surface area (Å²) in [4.78, 5) is 7.99. The predicted molar refractivity (Wildman–Crippen MR) is 102 cm³/mol. The molecular formula is C18H13Cl2N5O. The first-order valence-corrected chi connectivity index (χ1v) is 8.24. The van der Waals surface area contributed by atoms with Crippen molar-refractivity contribution in [3.05, 3.63) is 63.6 Å². The molecule has 0 aliphatic rings. The monoisotopic (exact) mass is 385 g/mol. The Morgan fingerprint density at radius 1 is 1.08 bits per heavy atom. The van der Waals surface area contributed by atoms with Crippen LogP contribution in [0.2, 0.25) is 10.0 Å². The molecule has 0 amide bonds. The summed E-state index contributed by atoms with van der Waals surface area (Å²) in [6.07, 6.45) is 0. The number of benzene rings is 2. The largest absolute Gasteiger partial charge is 0.488 e. The number of anilines is 2. The number of nitrogen functional groups attached to an aromatic ring is 2. The summed E-state index contributed by atoms with van der Waals surface area (Å²) in [5.74, 6) is 0.505. The summed E-state index contributed by atoms with van der Waals surface area (Å²) >= 11 is 12.1. The second-order valence-electron chi connectivity index (χ2n) is 5.32. The van der Waals surface area contributed by atoms with Gasteiger partial charge in [0.2, 0.25) is 5.95 Å². The van der Waals surface area contributed by atoms with E-state index in [1.165, 1.54) is 0 Å². The zero-order valence-electron chi connectivity index (χ0n) is 13.4. The molecule has 4 N–H and O–H groups in total. The summed E-state index contributed by atoms with van der Waals surface area (Å²) in [6.45, 7) is 0.213. The highest BCUT2D eigenvalue weighted by Crippen LogP contribution is 2.33. The molecule has 0 aliphatic heterocycles. The molecule has 6 nitrogen and oxygen atoms in total. The Kier molecular flexibility index (Phi) is 5.12. The lowest BCUT2D eigenvalue weighted by Crippen LogP contribution is -2.06. The van der Waals surface area contributed by atoms with Crippen LogP contribution in [-0.2, 0) is 6.61 Å². The van der Waals surface area contributed by atoms with E-state index in [0.717, 1.165) is 5.56 Å². The van der Waals surface area contributed by atoms with Crippen LogP contribution in [0.5, 0.6) is 5.75 Å². The smallest absolute Gasteiger partial charge is 0.222 e. The molecule has 0 bridgehead atoms. The molecule has 26 heavy (non-hydrogen) atoms. The third-order valence-electron chi connectivity index (χ3n) is 3.61. The van der Waals surface area contributed by atoms with Gasteiger partial charge in [0.25, 0.3) is 0 Å². The second kappa shape index (κ2) is 7.48. The highest BCUT2D eigenvalue weighted by atomic mass is 35.5. The normalized spacial score (nSPS) is 10.3. The predicted octanol–water partition coefficient (Wildman–Crippen LogP) is 4.07. The van der Waals surface area contributed by atoms with Crippen molar-refractivity contribution in [2.45, 2.75) is 6.61 Å². The molecule has 8 heteroatoms. The van der Waals surface area contributed by atoms with E-state index in [0.29, 0.717) is 27.1 Å². The molecule has 0 saturated heterocycles. The standard InChI is InChI=1S/C18H13Cl2N5O/c19-11-6-5-10(14(20)7-11)9-26-15-4-2-1-3-12(15)16-13(8-21)17(22)25-18(23)24-16/h1-7H,9H2,(H4,22,23,24,25). The van der Waals surface area contributed by atoms with E-state index >= 15 is 0 Å². The van der Waals surface area contributed by atoms with Gasteiger partial charge in [-0.1, -0.05) is 41.4 Å². The van der Waals surface area contributed by atoms with Crippen LogP contribution < -0.4 is 16.2 Å². The van der Waals surface area contributed by atoms with Gasteiger partial charge < -0.3 is 16.2 Å². The van der Waals surface area contributed by atoms with E-state index in [4.69, 9.17) is 39.4 Å². The summed E-state index contributed by atoms with van der Waals surface area (Å²) < 4.78 is 5.90. The number of hydrogen-bond donors (Lipinski definition) is 2. The van der Waals surface area contributed by atoms with Crippen LogP contribution in [0.25, 0.3) is 11.3 Å². The van der Waals surface area contributed by atoms with E-state index in [9.17, 15) is 5.26 Å². The third-order valence-corrected chi connectivity index (χ3v) is 4.19. The minimum absolute atomic E-state index is 0.0190. The maximum Gasteiger partial charge on any atom is 0.222 e. The van der Waals surface area contributed by atoms with Crippen LogP contribution in [-0.4, -0.2) is 9.97 Å². The molecule has 0 radical (unpaired) electrons. The van der Waals surface area contributed by atoms with Gasteiger partial charge in [0, 0.05) is 21.2 Å². The van der Waals surface area contributed by atoms with E-state index < -0.39 is 0 Å². The fourth-order valence-electron chi connectivity index (χ4n) is 2.38. The lowest BCUT2D eigenvalue weighted by molar-refractivity contribution is 0.307. The number of ether oxygens (including phenoxy) is 1. The summed E-state index contributed by atoms with van der Waals surface area (Å²) in [5.41, 5.74) is 13.3. The number of nitriles is 1. The van der Waals surface area contributed by atoms with Crippen molar-refractivity contribution in [3.63, 3.8) is 0 Å². The molecule has 0 aliphatic carbocycles. The van der Waals surface area contributed by atoms with E-state index in [1.807, 2.05) is 12.1 Å². The molecule has 0 fully saturated rings. The zero-order valence-corrected chi connectivity index (χ0v) is 14.9. The Bertz CT molecular complexity index is 1020. The minimum Gasteiger partial charge on any atom is -0.488 e. The summed E-state index contributed by atoms with van der Waals surface area (Å²) in [6, 6.07) is 14.3. The molecule has 0 unspecified atom stereocenters. The van der Waals surface area contributed by atoms with Crippen molar-refractivity contribution >= 4 is 35.0 Å². The first kappa shape index (κ1) is 17.8. The maximum atomic E-state index is 9.39. The van der Waals surface area contributed by atoms with E-state index in [-0.39, 0.29) is 23.9 Å². The van der Waals surface area contributed by atoms with Gasteiger partial charge in [-0.15, -0.1) is 0 Å². The minimum atomic E-state index is -0.0213. The van der Waals surface area contributed by atoms with Crippen LogP contribution >= 0.6 is 23.2 Å². The molecule has 0 saturated carbocycles. The van der Waals surface area contributed by atoms with E-state index in [2.05, 4.69) is 9.97 Å². The van der Waals surface area contributed by atoms with Gasteiger partial charge in [0.1, 0.15) is 29.8 Å². The van der Waals surface area contributed by atoms with Gasteiger partial charge in [-0.25, -0.2) is 4.98 Å². The van der Waals surface area contributed by atoms with Gasteiger partial charge in [-0.05, 0) is 24.3 Å². The number of hydrogen-bond acceptors (Lipinski definition) is 6. The van der Waals surface area contributed by atoms with Gasteiger partial charge in [0.15, 0.2) is 0 Å². The van der Waals surface area contributed by atoms with Crippen molar-refractivity contribution < 1.29 is 4.74 Å². The van der Waals surface area contributed by atoms with Gasteiger partial charge in [-0.2, -0.15) is 10.2 Å². The quantitative estimate of drug-likeness (QED) is 0.699. The van der Waals surface area contributed by atoms with Crippen molar-refractivity contribution in [2.75, 3.05) is 11.5 Å². The average Bonchev–Trinajstić information content (AvgIpc) is 2.61. The number of nitrogens with zero attached hydrogens (tertiary/aromatic N) is 3. The molecule has 1 aromatic heterocycles. The van der Waals surface area contributed by atoms with Crippen molar-refractivity contribution in [2.24, 2.45) is 0 Å². The molecule has 3 aromatic rings. The highest BCUT2D eigenvalue weighted by molar-refractivity contribution is 6.35. The number of nitrogens with two attached hydrogens (primary N) is 2. The molecular weight excluding hydrogens is 373 g/mol. The van der Waals surface area contributed by atoms with Gasteiger partial charge in [0.05, 0.1) is 5.69 Å². The molecule has 130 valence electrons. The van der Waals surface area contributed by atoms with Gasteiger partial charge >= 0.3 is 0 Å². The Balaban J connectivity index is 1.99. The van der Waals surface area contributed by atoms with Crippen molar-refractivity contribution in [1.82, 2.24) is 9.97 Å². The van der Waals surface area contributed by atoms with Crippen LogP contribution in [0, 0.1) is 11.3 Å². The van der Waals surface area contributed by atoms with Crippen LogP contribution in [0.15, 0.2) is 42.5 Å². The highest BCUT2D eigenvalue weighted by Gasteiger charge is 2.17. The van der Waals surface area contributed by atoms with Crippen LogP contribution in [0.3, 0.4) is 0 Å². The second-order valence-corrected chi connectivity index (χ2v) is 6.17. The number of para-hydroxylation sites is 1. The topological polar surface area (TPSA) is 111 Å². The Morgan fingerprint density at radius 3 is 2.58 bits per heavy atom. The molecule has 2 aromatic carbocycles. The first-order chi connectivity index (χ1) is 12.5. The lowest BCUT2D eigenvalue weighted by atomic mass is 10.1. The number of halogens is 2. The maximum absolute atomic E-state index is 9.39. The molecule has 0 spiro atoms. The SMILES string of the molecule is N#Cc1c(N)nc(N)nc1-c1ccccc1OCc1ccc(Cl)cc1Cl. The fraction of sp³-hybridized carbons (Fsp3) is 0.0556. The number of rotatable bonds is 4. The lowest BCUT2D eigenvalue weighted by Gasteiger charge is -2.13. The molecule has 1 heterocycles. The van der Waals surface area contributed by atoms with Crippen LogP contribution in [0.1, 0.15) is 11.1 Å². The van der Waals surface area contributed by atoms with E-state index in [1.54, 1.807) is 36.4 Å². The molecule has 0 atom stereocenters. The number of aromatic nitrogens is 2. The Hall–Kier alpha value is -3.01. The molecule has 3 rings (SSSR count). The first-order valence-electron chi connectivity index (χ1n) is 7.49. The zero-order chi connectivity index (χ0) is 18.7. The van der Waals surface area contributed by atoms with Crippen molar-refractivity contribution in [1.29, 1.82) is 5.26 Å².